The van der Waals surface area contributed by atoms with Crippen molar-refractivity contribution in [3.63, 3.8) is 0 Å². The van der Waals surface area contributed by atoms with Crippen molar-refractivity contribution in [3.05, 3.63) is 99.9 Å². The molecule has 3 aromatic carbocycles. The molecule has 3 N–H and O–H groups in total. The molecule has 36 heavy (non-hydrogen) atoms. The molecule has 6 rings (SSSR count). The molecule has 1 aromatic heterocycles. The molecule has 0 bridgehead atoms. The van der Waals surface area contributed by atoms with E-state index in [1.165, 1.54) is 0 Å². The van der Waals surface area contributed by atoms with Crippen molar-refractivity contribution in [1.29, 1.82) is 5.26 Å². The Labute approximate surface area is 211 Å². The van der Waals surface area contributed by atoms with Crippen LogP contribution in [-0.4, -0.2) is 17.0 Å². The minimum absolute atomic E-state index is 0.00578. The lowest BCUT2D eigenvalue weighted by atomic mass is 9.82. The summed E-state index contributed by atoms with van der Waals surface area (Å²) in [6.45, 7) is 0.494. The summed E-state index contributed by atoms with van der Waals surface area (Å²) < 4.78 is 23.0. The largest absolute Gasteiger partial charge is 0.489 e. The first-order valence-corrected chi connectivity index (χ1v) is 11.5. The van der Waals surface area contributed by atoms with E-state index in [0.717, 1.165) is 16.7 Å². The Morgan fingerprint density at radius 3 is 2.72 bits per heavy atom. The number of hydrogen-bond acceptors (Lipinski definition) is 7. The van der Waals surface area contributed by atoms with Crippen molar-refractivity contribution in [3.8, 4) is 40.5 Å². The SMILES string of the molecule is N#CC1=C(N)Oc2n[nH]c(-c3ccc4c(c3)OCO4)c2[C@H]1c1ccccc1OCc1ccc(Cl)cc1. The number of nitriles is 1. The van der Waals surface area contributed by atoms with Gasteiger partial charge in [-0.25, -0.2) is 0 Å². The fourth-order valence-electron chi connectivity index (χ4n) is 4.42. The van der Waals surface area contributed by atoms with Gasteiger partial charge in [0.25, 0.3) is 0 Å². The number of H-pyrrole nitrogens is 1. The molecule has 0 spiro atoms. The maximum atomic E-state index is 10.1. The van der Waals surface area contributed by atoms with Gasteiger partial charge in [0, 0.05) is 16.1 Å². The van der Waals surface area contributed by atoms with Crippen LogP contribution in [0.2, 0.25) is 5.02 Å². The second kappa shape index (κ2) is 8.87. The second-order valence-corrected chi connectivity index (χ2v) is 8.70. The van der Waals surface area contributed by atoms with E-state index in [1.54, 1.807) is 0 Å². The smallest absolute Gasteiger partial charge is 0.244 e. The maximum Gasteiger partial charge on any atom is 0.244 e. The highest BCUT2D eigenvalue weighted by Gasteiger charge is 2.37. The van der Waals surface area contributed by atoms with Crippen LogP contribution in [0.1, 0.15) is 22.6 Å². The quantitative estimate of drug-likeness (QED) is 0.385. The lowest BCUT2D eigenvalue weighted by molar-refractivity contribution is 0.174. The zero-order valence-corrected chi connectivity index (χ0v) is 19.6. The van der Waals surface area contributed by atoms with E-state index < -0.39 is 5.92 Å². The summed E-state index contributed by atoms with van der Waals surface area (Å²) in [6, 6.07) is 22.8. The van der Waals surface area contributed by atoms with Gasteiger partial charge in [-0.15, -0.1) is 5.10 Å². The van der Waals surface area contributed by atoms with Crippen molar-refractivity contribution < 1.29 is 18.9 Å². The highest BCUT2D eigenvalue weighted by Crippen LogP contribution is 2.48. The van der Waals surface area contributed by atoms with E-state index >= 15 is 0 Å². The molecule has 2 aliphatic heterocycles. The van der Waals surface area contributed by atoms with Gasteiger partial charge in [0.15, 0.2) is 11.5 Å². The van der Waals surface area contributed by atoms with Gasteiger partial charge in [-0.1, -0.05) is 41.9 Å². The van der Waals surface area contributed by atoms with Crippen LogP contribution in [0.25, 0.3) is 11.3 Å². The molecule has 0 saturated heterocycles. The predicted octanol–water partition coefficient (Wildman–Crippen LogP) is 5.26. The lowest BCUT2D eigenvalue weighted by Crippen LogP contribution is -2.21. The van der Waals surface area contributed by atoms with Crippen LogP contribution in [-0.2, 0) is 6.61 Å². The first-order chi connectivity index (χ1) is 17.6. The molecule has 0 fully saturated rings. The van der Waals surface area contributed by atoms with Crippen LogP contribution in [0, 0.1) is 11.3 Å². The number of allylic oxidation sites excluding steroid dienone is 1. The summed E-state index contributed by atoms with van der Waals surface area (Å²) in [5.41, 5.74) is 10.3. The van der Waals surface area contributed by atoms with E-state index in [-0.39, 0.29) is 18.2 Å². The molecule has 0 amide bonds. The molecular formula is C27H19ClN4O4. The molecule has 4 aromatic rings. The third-order valence-corrected chi connectivity index (χ3v) is 6.39. The van der Waals surface area contributed by atoms with Crippen LogP contribution in [0.3, 0.4) is 0 Å². The Bertz CT molecular complexity index is 1540. The van der Waals surface area contributed by atoms with E-state index in [4.69, 9.17) is 36.3 Å². The summed E-state index contributed by atoms with van der Waals surface area (Å²) in [6.07, 6.45) is 0. The van der Waals surface area contributed by atoms with Crippen LogP contribution in [0.15, 0.2) is 78.2 Å². The normalized spacial score (nSPS) is 15.7. The van der Waals surface area contributed by atoms with Gasteiger partial charge < -0.3 is 24.7 Å². The number of ether oxygens (including phenoxy) is 4. The molecule has 0 unspecified atom stereocenters. The molecule has 3 heterocycles. The van der Waals surface area contributed by atoms with E-state index in [9.17, 15) is 5.26 Å². The number of benzene rings is 3. The number of aromatic nitrogens is 2. The van der Waals surface area contributed by atoms with Crippen molar-refractivity contribution >= 4 is 11.6 Å². The number of nitrogens with zero attached hydrogens (tertiary/aromatic N) is 2. The van der Waals surface area contributed by atoms with Crippen LogP contribution >= 0.6 is 11.6 Å². The maximum absolute atomic E-state index is 10.1. The molecule has 2 aliphatic rings. The van der Waals surface area contributed by atoms with Gasteiger partial charge in [-0.3, -0.25) is 5.10 Å². The van der Waals surface area contributed by atoms with Crippen molar-refractivity contribution in [2.45, 2.75) is 12.5 Å². The average molecular weight is 499 g/mol. The number of para-hydroxylation sites is 1. The first-order valence-electron chi connectivity index (χ1n) is 11.1. The zero-order valence-electron chi connectivity index (χ0n) is 18.8. The monoisotopic (exact) mass is 498 g/mol. The Balaban J connectivity index is 1.44. The topological polar surface area (TPSA) is 115 Å². The third-order valence-electron chi connectivity index (χ3n) is 6.14. The highest BCUT2D eigenvalue weighted by atomic mass is 35.5. The van der Waals surface area contributed by atoms with E-state index in [1.807, 2.05) is 66.7 Å². The van der Waals surface area contributed by atoms with Crippen molar-refractivity contribution in [2.24, 2.45) is 5.73 Å². The predicted molar refractivity (Wildman–Crippen MR) is 132 cm³/mol. The van der Waals surface area contributed by atoms with Crippen molar-refractivity contribution in [2.75, 3.05) is 6.79 Å². The Morgan fingerprint density at radius 1 is 1.08 bits per heavy atom. The summed E-state index contributed by atoms with van der Waals surface area (Å²) in [7, 11) is 0. The van der Waals surface area contributed by atoms with Gasteiger partial charge in [-0.2, -0.15) is 5.26 Å². The number of rotatable bonds is 5. The van der Waals surface area contributed by atoms with E-state index in [0.29, 0.717) is 46.0 Å². The molecule has 9 heteroatoms. The zero-order chi connectivity index (χ0) is 24.6. The Morgan fingerprint density at radius 2 is 1.89 bits per heavy atom. The lowest BCUT2D eigenvalue weighted by Gasteiger charge is -2.25. The molecule has 1 atom stereocenters. The minimum Gasteiger partial charge on any atom is -0.489 e. The molecule has 0 saturated carbocycles. The average Bonchev–Trinajstić information content (AvgIpc) is 3.54. The number of aromatic amines is 1. The van der Waals surface area contributed by atoms with Gasteiger partial charge in [0.2, 0.25) is 18.6 Å². The minimum atomic E-state index is -0.570. The fourth-order valence-corrected chi connectivity index (χ4v) is 4.55. The first kappa shape index (κ1) is 21.9. The van der Waals surface area contributed by atoms with Crippen molar-refractivity contribution in [1.82, 2.24) is 10.2 Å². The summed E-state index contributed by atoms with van der Waals surface area (Å²) in [5.74, 6) is 1.65. The number of hydrogen-bond donors (Lipinski definition) is 2. The standard InChI is InChI=1S/C27H19ClN4O4/c28-17-8-5-15(6-9-17)13-33-20-4-2-1-3-18(20)23-19(12-29)26(30)36-27-24(23)25(31-32-27)16-7-10-21-22(11-16)35-14-34-21/h1-11,23H,13-14,30H2,(H,31,32)/t23-/m0/s1. The number of halogens is 1. The molecule has 8 nitrogen and oxygen atoms in total. The van der Waals surface area contributed by atoms with Gasteiger partial charge in [-0.05, 0) is 42.0 Å². The molecular weight excluding hydrogens is 480 g/mol. The summed E-state index contributed by atoms with van der Waals surface area (Å²) in [5, 5.41) is 18.1. The number of nitrogens with one attached hydrogen (secondary N) is 1. The summed E-state index contributed by atoms with van der Waals surface area (Å²) in [4.78, 5) is 0. The number of nitrogens with two attached hydrogens (primary N) is 1. The fraction of sp³-hybridized carbons (Fsp3) is 0.111. The third kappa shape index (κ3) is 3.76. The van der Waals surface area contributed by atoms with Gasteiger partial charge in [0.1, 0.15) is 24.0 Å². The Hall–Kier alpha value is -4.61. The molecule has 0 aliphatic carbocycles. The number of fused-ring (bicyclic) bond motifs is 2. The van der Waals surface area contributed by atoms with Crippen LogP contribution in [0.5, 0.6) is 23.1 Å². The van der Waals surface area contributed by atoms with Crippen LogP contribution in [0.4, 0.5) is 0 Å². The highest BCUT2D eigenvalue weighted by molar-refractivity contribution is 6.30. The van der Waals surface area contributed by atoms with Gasteiger partial charge >= 0.3 is 0 Å². The Kier molecular flexibility index (Phi) is 5.40. The summed E-state index contributed by atoms with van der Waals surface area (Å²) >= 11 is 6.01. The molecule has 0 radical (unpaired) electrons. The van der Waals surface area contributed by atoms with Crippen LogP contribution < -0.4 is 24.7 Å². The second-order valence-electron chi connectivity index (χ2n) is 8.26. The van der Waals surface area contributed by atoms with Gasteiger partial charge in [0.05, 0.1) is 17.2 Å². The van der Waals surface area contributed by atoms with E-state index in [2.05, 4.69) is 16.3 Å². The molecule has 178 valence electrons.